The first-order valence-corrected chi connectivity index (χ1v) is 10.3. The molecule has 3 rings (SSSR count). The molecule has 3 fully saturated rings. The molecule has 0 radical (unpaired) electrons. The Hall–Kier alpha value is -0.610. The number of halogens is 1. The fraction of sp³-hybridized carbons (Fsp3) is 0.895. The predicted molar refractivity (Wildman–Crippen MR) is 118 cm³/mol. The molecule has 1 spiro atoms. The Kier molecular flexibility index (Phi) is 8.61. The number of aliphatic imine (C=N–C) groups is 1. The first kappa shape index (κ1) is 22.7. The molecule has 0 aromatic heterocycles. The van der Waals surface area contributed by atoms with Crippen LogP contribution in [-0.2, 0) is 9.53 Å². The van der Waals surface area contributed by atoms with Crippen molar-refractivity contribution in [1.82, 2.24) is 15.5 Å². The molecule has 2 unspecified atom stereocenters. The highest BCUT2D eigenvalue weighted by atomic mass is 127. The first-order chi connectivity index (χ1) is 12.6. The van der Waals surface area contributed by atoms with Crippen molar-refractivity contribution in [1.29, 1.82) is 0 Å². The van der Waals surface area contributed by atoms with E-state index in [0.29, 0.717) is 30.1 Å². The van der Waals surface area contributed by atoms with Gasteiger partial charge in [0, 0.05) is 43.7 Å². The molecule has 7 nitrogen and oxygen atoms in total. The third kappa shape index (κ3) is 5.26. The van der Waals surface area contributed by atoms with Crippen LogP contribution < -0.4 is 16.4 Å². The van der Waals surface area contributed by atoms with Crippen LogP contribution in [0.3, 0.4) is 0 Å². The summed E-state index contributed by atoms with van der Waals surface area (Å²) in [6, 6.07) is 0.873. The van der Waals surface area contributed by atoms with Crippen molar-refractivity contribution in [3.63, 3.8) is 0 Å². The molecule has 2 aliphatic carbocycles. The number of hydrogen-bond acceptors (Lipinski definition) is 4. The summed E-state index contributed by atoms with van der Waals surface area (Å²) in [7, 11) is 0. The summed E-state index contributed by atoms with van der Waals surface area (Å²) in [5.74, 6) is 0.693. The van der Waals surface area contributed by atoms with Gasteiger partial charge < -0.3 is 21.1 Å². The summed E-state index contributed by atoms with van der Waals surface area (Å²) in [4.78, 5) is 17.9. The van der Waals surface area contributed by atoms with Gasteiger partial charge in [-0.05, 0) is 46.0 Å². The van der Waals surface area contributed by atoms with Crippen molar-refractivity contribution < 1.29 is 9.53 Å². The summed E-state index contributed by atoms with van der Waals surface area (Å²) in [5, 5.41) is 7.32. The number of nitrogens with two attached hydrogens (primary N) is 1. The first-order valence-electron chi connectivity index (χ1n) is 10.3. The van der Waals surface area contributed by atoms with Crippen LogP contribution in [0.4, 0.5) is 0 Å². The number of carbonyl (C=O) groups is 1. The van der Waals surface area contributed by atoms with Gasteiger partial charge in [0.05, 0.1) is 12.6 Å². The van der Waals surface area contributed by atoms with Crippen molar-refractivity contribution in [2.45, 2.75) is 70.6 Å². The number of carbonyl (C=O) groups excluding carboxylic acids is 1. The number of guanidine groups is 1. The highest BCUT2D eigenvalue weighted by Crippen LogP contribution is 2.57. The number of ether oxygens (including phenoxy) is 1. The van der Waals surface area contributed by atoms with E-state index < -0.39 is 0 Å². The van der Waals surface area contributed by atoms with Crippen molar-refractivity contribution in [2.24, 2.45) is 16.1 Å². The molecule has 27 heavy (non-hydrogen) atoms. The molecule has 1 saturated heterocycles. The van der Waals surface area contributed by atoms with E-state index in [1.807, 2.05) is 0 Å². The minimum Gasteiger partial charge on any atom is -0.378 e. The minimum atomic E-state index is -0.244. The molecule has 8 heteroatoms. The number of nitrogens with one attached hydrogen (secondary N) is 2. The second kappa shape index (κ2) is 10.2. The van der Waals surface area contributed by atoms with Gasteiger partial charge in [0.25, 0.3) is 0 Å². The molecule has 0 bridgehead atoms. The molecule has 156 valence electrons. The number of likely N-dealkylation sites (tertiary alicyclic amines) is 1. The van der Waals surface area contributed by atoms with Crippen LogP contribution in [0.2, 0.25) is 0 Å². The van der Waals surface area contributed by atoms with Crippen molar-refractivity contribution in [3.8, 4) is 0 Å². The quantitative estimate of drug-likeness (QED) is 0.284. The van der Waals surface area contributed by atoms with Gasteiger partial charge in [-0.2, -0.15) is 0 Å². The van der Waals surface area contributed by atoms with Crippen molar-refractivity contribution in [2.75, 3.05) is 32.8 Å². The largest absolute Gasteiger partial charge is 0.378 e. The predicted octanol–water partition coefficient (Wildman–Crippen LogP) is 1.46. The number of primary amides is 1. The van der Waals surface area contributed by atoms with Crippen LogP contribution in [0, 0.1) is 5.41 Å². The topological polar surface area (TPSA) is 92.0 Å². The summed E-state index contributed by atoms with van der Waals surface area (Å²) >= 11 is 0. The maximum Gasteiger partial charge on any atom is 0.231 e. The monoisotopic (exact) mass is 493 g/mol. The van der Waals surface area contributed by atoms with Gasteiger partial charge in [-0.3, -0.25) is 14.7 Å². The normalized spacial score (nSPS) is 28.0. The Morgan fingerprint density at radius 3 is 2.48 bits per heavy atom. The van der Waals surface area contributed by atoms with Crippen LogP contribution >= 0.6 is 24.0 Å². The van der Waals surface area contributed by atoms with Gasteiger partial charge in [-0.25, -0.2) is 0 Å². The Morgan fingerprint density at radius 1 is 1.26 bits per heavy atom. The van der Waals surface area contributed by atoms with E-state index >= 15 is 0 Å². The number of amides is 1. The lowest BCUT2D eigenvalue weighted by molar-refractivity contribution is -0.168. The maximum absolute atomic E-state index is 11.1. The zero-order chi connectivity index (χ0) is 18.6. The molecule has 1 amide bonds. The van der Waals surface area contributed by atoms with Gasteiger partial charge in [0.2, 0.25) is 5.91 Å². The molecular formula is C19H36IN5O2. The molecule has 0 aromatic rings. The third-order valence-electron chi connectivity index (χ3n) is 6.37. The average molecular weight is 493 g/mol. The lowest BCUT2D eigenvalue weighted by Gasteiger charge is -2.61. The van der Waals surface area contributed by atoms with E-state index in [2.05, 4.69) is 34.4 Å². The lowest BCUT2D eigenvalue weighted by atomic mass is 9.51. The van der Waals surface area contributed by atoms with Gasteiger partial charge >= 0.3 is 0 Å². The summed E-state index contributed by atoms with van der Waals surface area (Å²) in [6.45, 7) is 7.90. The van der Waals surface area contributed by atoms with Crippen LogP contribution in [0.1, 0.15) is 52.4 Å². The highest BCUT2D eigenvalue weighted by molar-refractivity contribution is 14.0. The zero-order valence-corrected chi connectivity index (χ0v) is 19.0. The number of piperidine rings is 1. The second-order valence-electron chi connectivity index (χ2n) is 7.95. The molecule has 0 aromatic carbocycles. The van der Waals surface area contributed by atoms with Crippen LogP contribution in [0.25, 0.3) is 0 Å². The van der Waals surface area contributed by atoms with E-state index in [1.54, 1.807) is 0 Å². The highest BCUT2D eigenvalue weighted by Gasteiger charge is 2.59. The SMILES string of the molecule is CCN=C(NC1CCN(CC(N)=O)CC1)NC1CC(OCC)C12CCC2.I. The number of rotatable bonds is 7. The van der Waals surface area contributed by atoms with Crippen LogP contribution in [0.15, 0.2) is 4.99 Å². The Bertz CT molecular complexity index is 518. The van der Waals surface area contributed by atoms with Crippen LogP contribution in [0.5, 0.6) is 0 Å². The molecule has 1 aliphatic heterocycles. The van der Waals surface area contributed by atoms with Gasteiger partial charge in [-0.1, -0.05) is 6.42 Å². The minimum absolute atomic E-state index is 0. The molecule has 1 heterocycles. The van der Waals surface area contributed by atoms with E-state index in [9.17, 15) is 4.79 Å². The van der Waals surface area contributed by atoms with Gasteiger partial charge in [0.1, 0.15) is 0 Å². The average Bonchev–Trinajstić information content (AvgIpc) is 2.53. The summed E-state index contributed by atoms with van der Waals surface area (Å²) < 4.78 is 5.96. The van der Waals surface area contributed by atoms with Crippen molar-refractivity contribution >= 4 is 35.8 Å². The standard InChI is InChI=1S/C19H35N5O2.HI/c1-3-21-18(22-14-6-10-24(11-7-14)13-17(20)25)23-15-12-16(26-4-2)19(15)8-5-9-19;/h14-16H,3-13H2,1-2H3,(H2,20,25)(H2,21,22,23);1H. The molecule has 2 saturated carbocycles. The fourth-order valence-corrected chi connectivity index (χ4v) is 4.75. The zero-order valence-electron chi connectivity index (χ0n) is 16.7. The second-order valence-corrected chi connectivity index (χ2v) is 7.95. The molecule has 3 aliphatic rings. The Balaban J connectivity index is 0.00000261. The molecule has 4 N–H and O–H groups in total. The third-order valence-corrected chi connectivity index (χ3v) is 6.37. The van der Waals surface area contributed by atoms with E-state index in [0.717, 1.165) is 51.5 Å². The summed E-state index contributed by atoms with van der Waals surface area (Å²) in [5.41, 5.74) is 5.63. The Labute approximate surface area is 180 Å². The Morgan fingerprint density at radius 2 is 1.96 bits per heavy atom. The number of nitrogens with zero attached hydrogens (tertiary/aromatic N) is 2. The lowest BCUT2D eigenvalue weighted by Crippen LogP contribution is -2.69. The number of hydrogen-bond donors (Lipinski definition) is 3. The van der Waals surface area contributed by atoms with Crippen LogP contribution in [-0.4, -0.2) is 67.7 Å². The summed E-state index contributed by atoms with van der Waals surface area (Å²) in [6.07, 6.45) is 7.35. The molecule has 2 atom stereocenters. The van der Waals surface area contributed by atoms with Gasteiger partial charge in [0.15, 0.2) is 5.96 Å². The van der Waals surface area contributed by atoms with Crippen molar-refractivity contribution in [3.05, 3.63) is 0 Å². The molecular weight excluding hydrogens is 457 g/mol. The van der Waals surface area contributed by atoms with E-state index in [4.69, 9.17) is 10.5 Å². The fourth-order valence-electron chi connectivity index (χ4n) is 4.75. The van der Waals surface area contributed by atoms with E-state index in [-0.39, 0.29) is 29.9 Å². The smallest absolute Gasteiger partial charge is 0.231 e. The van der Waals surface area contributed by atoms with Gasteiger partial charge in [-0.15, -0.1) is 24.0 Å². The maximum atomic E-state index is 11.1. The van der Waals surface area contributed by atoms with E-state index in [1.165, 1.54) is 19.3 Å².